The molecular weight excluding hydrogens is 343 g/mol. The molecule has 1 aromatic rings. The van der Waals surface area contributed by atoms with Gasteiger partial charge >= 0.3 is 12.0 Å². The minimum absolute atomic E-state index is 0.0286. The highest BCUT2D eigenvalue weighted by Crippen LogP contribution is 2.26. The lowest BCUT2D eigenvalue weighted by atomic mass is 10.3. The molecule has 2 N–H and O–H groups in total. The first-order valence-corrected chi connectivity index (χ1v) is 7.87. The lowest BCUT2D eigenvalue weighted by molar-refractivity contribution is -0.137. The molecule has 0 saturated carbocycles. The fourth-order valence-electron chi connectivity index (χ4n) is 1.86. The molecule has 0 heterocycles. The molecule has 0 fully saturated rings. The number of carboxylic acids is 1. The molecule has 0 aliphatic rings. The van der Waals surface area contributed by atoms with Gasteiger partial charge in [0.1, 0.15) is 11.9 Å². The molecule has 0 radical (unpaired) electrons. The van der Waals surface area contributed by atoms with Gasteiger partial charge in [0.2, 0.25) is 0 Å². The predicted molar refractivity (Wildman–Crippen MR) is 89.5 cm³/mol. The molecule has 128 valence electrons. The van der Waals surface area contributed by atoms with Crippen LogP contribution in [0.25, 0.3) is 0 Å². The van der Waals surface area contributed by atoms with Gasteiger partial charge in [0.05, 0.1) is 16.6 Å². The van der Waals surface area contributed by atoms with E-state index in [2.05, 4.69) is 5.32 Å². The summed E-state index contributed by atoms with van der Waals surface area (Å²) in [6, 6.07) is 4.69. The standard InChI is InChI=1S/C15H20Cl2N2O4/c1-10(23-11-5-6-12(16)13(17)8-11)9-19(2)15(22)18-7-3-4-14(20)21/h5-6,8,10H,3-4,7,9H2,1-2H3,(H,18,22)(H,20,21). The number of hydrogen-bond acceptors (Lipinski definition) is 3. The highest BCUT2D eigenvalue weighted by atomic mass is 35.5. The number of nitrogens with zero attached hydrogens (tertiary/aromatic N) is 1. The maximum absolute atomic E-state index is 11.8. The van der Waals surface area contributed by atoms with Crippen molar-refractivity contribution in [2.24, 2.45) is 0 Å². The van der Waals surface area contributed by atoms with Crippen LogP contribution in [-0.4, -0.2) is 48.2 Å². The van der Waals surface area contributed by atoms with E-state index in [1.54, 1.807) is 25.2 Å². The van der Waals surface area contributed by atoms with E-state index in [1.165, 1.54) is 4.90 Å². The van der Waals surface area contributed by atoms with Crippen LogP contribution in [0, 0.1) is 0 Å². The van der Waals surface area contributed by atoms with Gasteiger partial charge in [-0.25, -0.2) is 4.79 Å². The molecule has 0 aliphatic carbocycles. The van der Waals surface area contributed by atoms with Gasteiger partial charge < -0.3 is 20.1 Å². The zero-order valence-corrected chi connectivity index (χ0v) is 14.5. The Morgan fingerprint density at radius 2 is 2.04 bits per heavy atom. The maximum Gasteiger partial charge on any atom is 0.317 e. The number of hydrogen-bond donors (Lipinski definition) is 2. The Kier molecular flexibility index (Phi) is 7.98. The van der Waals surface area contributed by atoms with Crippen LogP contribution in [-0.2, 0) is 4.79 Å². The smallest absolute Gasteiger partial charge is 0.317 e. The number of carbonyl (C=O) groups excluding carboxylic acids is 1. The van der Waals surface area contributed by atoms with Crippen molar-refractivity contribution in [3.05, 3.63) is 28.2 Å². The highest BCUT2D eigenvalue weighted by molar-refractivity contribution is 6.42. The molecule has 1 aromatic carbocycles. The molecule has 0 aromatic heterocycles. The van der Waals surface area contributed by atoms with Gasteiger partial charge in [-0.3, -0.25) is 4.79 Å². The van der Waals surface area contributed by atoms with Crippen molar-refractivity contribution in [3.63, 3.8) is 0 Å². The molecule has 1 unspecified atom stereocenters. The maximum atomic E-state index is 11.8. The zero-order valence-electron chi connectivity index (χ0n) is 13.0. The number of urea groups is 1. The van der Waals surface area contributed by atoms with Gasteiger partial charge in [0.15, 0.2) is 0 Å². The fraction of sp³-hybridized carbons (Fsp3) is 0.467. The Hall–Kier alpha value is -1.66. The highest BCUT2D eigenvalue weighted by Gasteiger charge is 2.13. The first-order valence-electron chi connectivity index (χ1n) is 7.12. The number of rotatable bonds is 8. The van der Waals surface area contributed by atoms with E-state index in [-0.39, 0.29) is 18.6 Å². The van der Waals surface area contributed by atoms with E-state index >= 15 is 0 Å². The molecule has 23 heavy (non-hydrogen) atoms. The van der Waals surface area contributed by atoms with Crippen LogP contribution in [0.2, 0.25) is 10.0 Å². The Labute approximate surface area is 145 Å². The van der Waals surface area contributed by atoms with E-state index in [1.807, 2.05) is 6.92 Å². The van der Waals surface area contributed by atoms with Crippen LogP contribution >= 0.6 is 23.2 Å². The van der Waals surface area contributed by atoms with Gasteiger partial charge in [0.25, 0.3) is 0 Å². The van der Waals surface area contributed by atoms with E-state index in [4.69, 9.17) is 33.0 Å². The number of aliphatic carboxylic acids is 1. The van der Waals surface area contributed by atoms with E-state index < -0.39 is 5.97 Å². The van der Waals surface area contributed by atoms with Crippen molar-refractivity contribution in [2.45, 2.75) is 25.9 Å². The molecule has 1 atom stereocenters. The number of halogens is 2. The minimum atomic E-state index is -0.878. The van der Waals surface area contributed by atoms with E-state index in [9.17, 15) is 9.59 Å². The molecule has 6 nitrogen and oxygen atoms in total. The van der Waals surface area contributed by atoms with E-state index in [0.717, 1.165) is 0 Å². The number of carbonyl (C=O) groups is 2. The third kappa shape index (κ3) is 7.43. The van der Waals surface area contributed by atoms with Crippen molar-refractivity contribution in [1.82, 2.24) is 10.2 Å². The van der Waals surface area contributed by atoms with Crippen molar-refractivity contribution in [1.29, 1.82) is 0 Å². The molecule has 0 saturated heterocycles. The Morgan fingerprint density at radius 3 is 2.65 bits per heavy atom. The summed E-state index contributed by atoms with van der Waals surface area (Å²) in [7, 11) is 1.64. The number of nitrogens with one attached hydrogen (secondary N) is 1. The Morgan fingerprint density at radius 1 is 1.35 bits per heavy atom. The lowest BCUT2D eigenvalue weighted by Crippen LogP contribution is -2.42. The number of ether oxygens (including phenoxy) is 1. The number of carboxylic acid groups (broad SMARTS) is 1. The number of likely N-dealkylation sites (N-methyl/N-ethyl adjacent to an activating group) is 1. The molecule has 2 amide bonds. The zero-order chi connectivity index (χ0) is 17.4. The topological polar surface area (TPSA) is 78.9 Å². The summed E-state index contributed by atoms with van der Waals surface area (Å²) in [6.07, 6.45) is 0.174. The van der Waals surface area contributed by atoms with Crippen LogP contribution in [0.3, 0.4) is 0 Å². The molecule has 1 rings (SSSR count). The number of amides is 2. The van der Waals surface area contributed by atoms with Crippen LogP contribution < -0.4 is 10.1 Å². The first-order chi connectivity index (χ1) is 10.8. The first kappa shape index (κ1) is 19.4. The van der Waals surface area contributed by atoms with Gasteiger partial charge in [-0.2, -0.15) is 0 Å². The van der Waals surface area contributed by atoms with Crippen LogP contribution in [0.15, 0.2) is 18.2 Å². The second kappa shape index (κ2) is 9.47. The van der Waals surface area contributed by atoms with Crippen molar-refractivity contribution >= 4 is 35.2 Å². The van der Waals surface area contributed by atoms with Gasteiger partial charge in [-0.05, 0) is 25.5 Å². The van der Waals surface area contributed by atoms with Crippen LogP contribution in [0.5, 0.6) is 5.75 Å². The minimum Gasteiger partial charge on any atom is -0.489 e. The lowest BCUT2D eigenvalue weighted by Gasteiger charge is -2.23. The molecule has 0 spiro atoms. The number of benzene rings is 1. The summed E-state index contributed by atoms with van der Waals surface area (Å²) in [6.45, 7) is 2.51. The normalized spacial score (nSPS) is 11.7. The monoisotopic (exact) mass is 362 g/mol. The molecule has 0 bridgehead atoms. The van der Waals surface area contributed by atoms with Gasteiger partial charge in [-0.1, -0.05) is 23.2 Å². The summed E-state index contributed by atoms with van der Waals surface area (Å²) in [5, 5.41) is 12.0. The summed E-state index contributed by atoms with van der Waals surface area (Å²) < 4.78 is 5.69. The molecular formula is C15H20Cl2N2O4. The Balaban J connectivity index is 2.37. The van der Waals surface area contributed by atoms with Crippen LogP contribution in [0.4, 0.5) is 4.79 Å². The second-order valence-electron chi connectivity index (χ2n) is 5.11. The third-order valence-electron chi connectivity index (χ3n) is 2.95. The second-order valence-corrected chi connectivity index (χ2v) is 5.93. The molecule has 0 aliphatic heterocycles. The summed E-state index contributed by atoms with van der Waals surface area (Å²) in [4.78, 5) is 23.7. The summed E-state index contributed by atoms with van der Waals surface area (Å²) in [5.41, 5.74) is 0. The SMILES string of the molecule is CC(CN(C)C(=O)NCCCC(=O)O)Oc1ccc(Cl)c(Cl)c1. The average Bonchev–Trinajstić information content (AvgIpc) is 2.46. The predicted octanol–water partition coefficient (Wildman–Crippen LogP) is 3.27. The third-order valence-corrected chi connectivity index (χ3v) is 3.69. The van der Waals surface area contributed by atoms with Crippen molar-refractivity contribution < 1.29 is 19.4 Å². The summed E-state index contributed by atoms with van der Waals surface area (Å²) >= 11 is 11.8. The van der Waals surface area contributed by atoms with Gasteiger partial charge in [-0.15, -0.1) is 0 Å². The van der Waals surface area contributed by atoms with Crippen molar-refractivity contribution in [2.75, 3.05) is 20.1 Å². The fourth-order valence-corrected chi connectivity index (χ4v) is 2.15. The average molecular weight is 363 g/mol. The van der Waals surface area contributed by atoms with Crippen molar-refractivity contribution in [3.8, 4) is 5.75 Å². The quantitative estimate of drug-likeness (QED) is 0.695. The molecule has 8 heteroatoms. The Bertz CT molecular complexity index is 554. The summed E-state index contributed by atoms with van der Waals surface area (Å²) in [5.74, 6) is -0.307. The van der Waals surface area contributed by atoms with E-state index in [0.29, 0.717) is 35.3 Å². The van der Waals surface area contributed by atoms with Crippen LogP contribution in [0.1, 0.15) is 19.8 Å². The largest absolute Gasteiger partial charge is 0.489 e. The van der Waals surface area contributed by atoms with Gasteiger partial charge in [0, 0.05) is 26.1 Å².